The molecule has 1 aliphatic carbocycles. The second kappa shape index (κ2) is 7.55. The van der Waals surface area contributed by atoms with Gasteiger partial charge in [-0.3, -0.25) is 9.69 Å². The van der Waals surface area contributed by atoms with Crippen LogP contribution < -0.4 is 5.32 Å². The Labute approximate surface area is 150 Å². The van der Waals surface area contributed by atoms with E-state index in [2.05, 4.69) is 42.3 Å². The SMILES string of the molecule is CC1COC(c2ccccc2)C(C)N1CC(=O)NC1(C#N)CCCC1. The molecule has 5 heteroatoms. The number of carbonyl (C=O) groups excluding carboxylic acids is 1. The number of hydrogen-bond acceptors (Lipinski definition) is 4. The second-order valence-corrected chi connectivity index (χ2v) is 7.38. The Morgan fingerprint density at radius 3 is 2.64 bits per heavy atom. The number of nitrogens with one attached hydrogen (secondary N) is 1. The zero-order valence-electron chi connectivity index (χ0n) is 15.1. The van der Waals surface area contributed by atoms with Crippen molar-refractivity contribution in [2.75, 3.05) is 13.2 Å². The number of morpholine rings is 1. The fraction of sp³-hybridized carbons (Fsp3) is 0.600. The van der Waals surface area contributed by atoms with E-state index >= 15 is 0 Å². The summed E-state index contributed by atoms with van der Waals surface area (Å²) in [5.74, 6) is -0.0594. The van der Waals surface area contributed by atoms with Gasteiger partial charge < -0.3 is 10.1 Å². The Morgan fingerprint density at radius 2 is 2.00 bits per heavy atom. The third kappa shape index (κ3) is 3.86. The molecular weight excluding hydrogens is 314 g/mol. The molecule has 0 bridgehead atoms. The number of nitrogens with zero attached hydrogens (tertiary/aromatic N) is 2. The van der Waals surface area contributed by atoms with Gasteiger partial charge in [-0.05, 0) is 45.1 Å². The minimum Gasteiger partial charge on any atom is -0.370 e. The Bertz CT molecular complexity index is 634. The van der Waals surface area contributed by atoms with Crippen LogP contribution >= 0.6 is 0 Å². The van der Waals surface area contributed by atoms with Gasteiger partial charge in [-0.15, -0.1) is 0 Å². The Balaban J connectivity index is 1.67. The predicted octanol–water partition coefficient (Wildman–Crippen LogP) is 2.79. The van der Waals surface area contributed by atoms with E-state index in [0.717, 1.165) is 31.2 Å². The monoisotopic (exact) mass is 341 g/mol. The molecule has 0 spiro atoms. The van der Waals surface area contributed by atoms with Gasteiger partial charge in [-0.2, -0.15) is 5.26 Å². The molecule has 134 valence electrons. The molecule has 5 nitrogen and oxygen atoms in total. The molecule has 2 aliphatic rings. The molecule has 1 aromatic rings. The van der Waals surface area contributed by atoms with Crippen molar-refractivity contribution in [3.05, 3.63) is 35.9 Å². The minimum atomic E-state index is -0.658. The Morgan fingerprint density at radius 1 is 1.32 bits per heavy atom. The molecule has 1 saturated heterocycles. The van der Waals surface area contributed by atoms with E-state index in [9.17, 15) is 10.1 Å². The maximum absolute atomic E-state index is 12.6. The maximum Gasteiger partial charge on any atom is 0.235 e. The molecule has 25 heavy (non-hydrogen) atoms. The summed E-state index contributed by atoms with van der Waals surface area (Å²) in [7, 11) is 0. The van der Waals surface area contributed by atoms with Gasteiger partial charge in [-0.25, -0.2) is 0 Å². The van der Waals surface area contributed by atoms with Crippen molar-refractivity contribution in [2.45, 2.75) is 63.3 Å². The highest BCUT2D eigenvalue weighted by molar-refractivity contribution is 5.79. The second-order valence-electron chi connectivity index (χ2n) is 7.38. The van der Waals surface area contributed by atoms with E-state index in [0.29, 0.717) is 13.2 Å². The first-order chi connectivity index (χ1) is 12.0. The van der Waals surface area contributed by atoms with E-state index in [1.54, 1.807) is 0 Å². The lowest BCUT2D eigenvalue weighted by atomic mass is 9.98. The highest BCUT2D eigenvalue weighted by atomic mass is 16.5. The van der Waals surface area contributed by atoms with Crippen LogP contribution in [0.1, 0.15) is 51.2 Å². The van der Waals surface area contributed by atoms with Gasteiger partial charge in [0.2, 0.25) is 5.91 Å². The van der Waals surface area contributed by atoms with Crippen LogP contribution in [0.15, 0.2) is 30.3 Å². The van der Waals surface area contributed by atoms with Crippen molar-refractivity contribution in [3.8, 4) is 6.07 Å². The standard InChI is InChI=1S/C20H27N3O2/c1-15-13-25-19(17-8-4-3-5-9-17)16(2)23(15)12-18(24)22-20(14-21)10-6-7-11-20/h3-5,8-9,15-16,19H,6-7,10-13H2,1-2H3,(H,22,24). The summed E-state index contributed by atoms with van der Waals surface area (Å²) in [6.07, 6.45) is 3.50. The smallest absolute Gasteiger partial charge is 0.235 e. The van der Waals surface area contributed by atoms with Crippen molar-refractivity contribution in [3.63, 3.8) is 0 Å². The molecule has 1 saturated carbocycles. The van der Waals surface area contributed by atoms with E-state index < -0.39 is 5.54 Å². The van der Waals surface area contributed by atoms with E-state index in [1.165, 1.54) is 0 Å². The summed E-state index contributed by atoms with van der Waals surface area (Å²) >= 11 is 0. The summed E-state index contributed by atoms with van der Waals surface area (Å²) < 4.78 is 6.05. The zero-order valence-corrected chi connectivity index (χ0v) is 15.1. The molecule has 1 aromatic carbocycles. The third-order valence-electron chi connectivity index (χ3n) is 5.55. The lowest BCUT2D eigenvalue weighted by Crippen LogP contribution is -2.56. The van der Waals surface area contributed by atoms with Gasteiger partial charge in [0.1, 0.15) is 5.54 Å². The molecular formula is C20H27N3O2. The normalized spacial score (nSPS) is 29.1. The molecule has 1 heterocycles. The molecule has 1 N–H and O–H groups in total. The highest BCUT2D eigenvalue weighted by Gasteiger charge is 2.38. The average molecular weight is 341 g/mol. The number of hydrogen-bond donors (Lipinski definition) is 1. The third-order valence-corrected chi connectivity index (χ3v) is 5.55. The average Bonchev–Trinajstić information content (AvgIpc) is 3.08. The van der Waals surface area contributed by atoms with E-state index in [-0.39, 0.29) is 24.1 Å². The molecule has 3 rings (SSSR count). The topological polar surface area (TPSA) is 65.4 Å². The fourth-order valence-electron chi connectivity index (χ4n) is 4.09. The Hall–Kier alpha value is -1.90. The molecule has 3 unspecified atom stereocenters. The van der Waals surface area contributed by atoms with Gasteiger partial charge in [0.25, 0.3) is 0 Å². The summed E-state index contributed by atoms with van der Waals surface area (Å²) in [5.41, 5.74) is 0.478. The van der Waals surface area contributed by atoms with E-state index in [4.69, 9.17) is 4.74 Å². The number of ether oxygens (including phenoxy) is 1. The van der Waals surface area contributed by atoms with Crippen LogP contribution in [0.2, 0.25) is 0 Å². The Kier molecular flexibility index (Phi) is 5.41. The van der Waals surface area contributed by atoms with Crippen molar-refractivity contribution in [1.82, 2.24) is 10.2 Å². The van der Waals surface area contributed by atoms with Crippen molar-refractivity contribution < 1.29 is 9.53 Å². The summed E-state index contributed by atoms with van der Waals surface area (Å²) in [5, 5.41) is 12.5. The number of amides is 1. The fourth-order valence-corrected chi connectivity index (χ4v) is 4.09. The zero-order chi connectivity index (χ0) is 17.9. The number of benzene rings is 1. The van der Waals surface area contributed by atoms with Crippen LogP contribution in [0.4, 0.5) is 0 Å². The molecule has 0 aromatic heterocycles. The first-order valence-corrected chi connectivity index (χ1v) is 9.19. The maximum atomic E-state index is 12.6. The highest BCUT2D eigenvalue weighted by Crippen LogP contribution is 2.31. The van der Waals surface area contributed by atoms with Crippen molar-refractivity contribution in [2.24, 2.45) is 0 Å². The molecule has 3 atom stereocenters. The molecule has 1 aliphatic heterocycles. The molecule has 0 radical (unpaired) electrons. The van der Waals surface area contributed by atoms with Crippen LogP contribution in [-0.4, -0.2) is 41.6 Å². The summed E-state index contributed by atoms with van der Waals surface area (Å²) in [6.45, 7) is 5.09. The van der Waals surface area contributed by atoms with Crippen LogP contribution in [0.3, 0.4) is 0 Å². The van der Waals surface area contributed by atoms with Gasteiger partial charge in [0.15, 0.2) is 0 Å². The van der Waals surface area contributed by atoms with Crippen LogP contribution in [0, 0.1) is 11.3 Å². The van der Waals surface area contributed by atoms with Crippen LogP contribution in [0.25, 0.3) is 0 Å². The largest absolute Gasteiger partial charge is 0.370 e. The van der Waals surface area contributed by atoms with Crippen LogP contribution in [0.5, 0.6) is 0 Å². The quantitative estimate of drug-likeness (QED) is 0.914. The molecule has 2 fully saturated rings. The predicted molar refractivity (Wildman–Crippen MR) is 95.7 cm³/mol. The number of rotatable bonds is 4. The summed E-state index contributed by atoms with van der Waals surface area (Å²) in [4.78, 5) is 14.8. The summed E-state index contributed by atoms with van der Waals surface area (Å²) in [6, 6.07) is 12.7. The van der Waals surface area contributed by atoms with Gasteiger partial charge in [0, 0.05) is 12.1 Å². The van der Waals surface area contributed by atoms with Gasteiger partial charge >= 0.3 is 0 Å². The minimum absolute atomic E-state index is 0.0402. The van der Waals surface area contributed by atoms with Crippen LogP contribution in [-0.2, 0) is 9.53 Å². The first kappa shape index (κ1) is 17.9. The van der Waals surface area contributed by atoms with Gasteiger partial charge in [-0.1, -0.05) is 30.3 Å². The number of nitriles is 1. The number of carbonyl (C=O) groups is 1. The molecule has 1 amide bonds. The lowest BCUT2D eigenvalue weighted by Gasteiger charge is -2.43. The first-order valence-electron chi connectivity index (χ1n) is 9.19. The van der Waals surface area contributed by atoms with Crippen molar-refractivity contribution >= 4 is 5.91 Å². The van der Waals surface area contributed by atoms with E-state index in [1.807, 2.05) is 18.2 Å². The van der Waals surface area contributed by atoms with Gasteiger partial charge in [0.05, 0.1) is 25.3 Å². The lowest BCUT2D eigenvalue weighted by molar-refractivity contribution is -0.133. The van der Waals surface area contributed by atoms with Crippen molar-refractivity contribution in [1.29, 1.82) is 5.26 Å².